The predicted molar refractivity (Wildman–Crippen MR) is 78.7 cm³/mol. The molecule has 0 bridgehead atoms. The summed E-state index contributed by atoms with van der Waals surface area (Å²) in [6.45, 7) is 0. The van der Waals surface area contributed by atoms with Crippen LogP contribution in [0.15, 0.2) is 60.7 Å². The molecular weight excluding hydrogens is 268 g/mol. The summed E-state index contributed by atoms with van der Waals surface area (Å²) in [5, 5.41) is 10.5. The van der Waals surface area contributed by atoms with Crippen molar-refractivity contribution in [3.63, 3.8) is 0 Å². The van der Waals surface area contributed by atoms with Crippen LogP contribution in [0.2, 0.25) is 0 Å². The van der Waals surface area contributed by atoms with Crippen molar-refractivity contribution in [1.82, 2.24) is 0 Å². The Bertz CT molecular complexity index is 541. The predicted octanol–water partition coefficient (Wildman–Crippen LogP) is 2.11. The van der Waals surface area contributed by atoms with Crippen LogP contribution in [0.4, 0.5) is 0 Å². The van der Waals surface area contributed by atoms with Gasteiger partial charge in [-0.15, -0.1) is 0 Å². The lowest BCUT2D eigenvalue weighted by molar-refractivity contribution is -0.167. The van der Waals surface area contributed by atoms with Crippen molar-refractivity contribution in [3.8, 4) is 0 Å². The molecule has 4 nitrogen and oxygen atoms in total. The van der Waals surface area contributed by atoms with E-state index in [9.17, 15) is 9.90 Å². The molecule has 1 N–H and O–H groups in total. The fraction of sp³-hybridized carbons (Fsp3) is 0.235. The summed E-state index contributed by atoms with van der Waals surface area (Å²) >= 11 is 0. The van der Waals surface area contributed by atoms with E-state index in [0.29, 0.717) is 11.1 Å². The first-order valence-electron chi connectivity index (χ1n) is 6.59. The van der Waals surface area contributed by atoms with E-state index in [1.165, 1.54) is 14.2 Å². The van der Waals surface area contributed by atoms with E-state index in [-0.39, 0.29) is 0 Å². The third-order valence-corrected chi connectivity index (χ3v) is 3.54. The highest BCUT2D eigenvalue weighted by Gasteiger charge is 2.46. The second-order valence-corrected chi connectivity index (χ2v) is 4.60. The number of hydrogen-bond donors (Lipinski definition) is 1. The third-order valence-electron chi connectivity index (χ3n) is 3.54. The minimum absolute atomic E-state index is 0.677. The standard InChI is InChI=1S/C17H18O4/c1-20-16(19)15(18)17(21-2,13-9-5-3-6-10-13)14-11-7-4-8-12-14/h3-12,15,18H,1-2H3/t15-/m1/s1. The third kappa shape index (κ3) is 2.68. The molecule has 0 aromatic heterocycles. The van der Waals surface area contributed by atoms with Gasteiger partial charge in [0.1, 0.15) is 0 Å². The van der Waals surface area contributed by atoms with Gasteiger partial charge in [0, 0.05) is 7.11 Å². The summed E-state index contributed by atoms with van der Waals surface area (Å²) in [7, 11) is 2.70. The first kappa shape index (κ1) is 15.2. The average molecular weight is 286 g/mol. The number of ether oxygens (including phenoxy) is 2. The molecule has 0 amide bonds. The summed E-state index contributed by atoms with van der Waals surface area (Å²) in [6, 6.07) is 18.3. The second kappa shape index (κ2) is 6.52. The Kier molecular flexibility index (Phi) is 4.73. The lowest BCUT2D eigenvalue weighted by atomic mass is 9.81. The Labute approximate surface area is 123 Å². The van der Waals surface area contributed by atoms with Crippen molar-refractivity contribution >= 4 is 5.97 Å². The van der Waals surface area contributed by atoms with Gasteiger partial charge in [-0.3, -0.25) is 0 Å². The maximum absolute atomic E-state index is 11.9. The van der Waals surface area contributed by atoms with Crippen LogP contribution in [0.1, 0.15) is 11.1 Å². The first-order valence-corrected chi connectivity index (χ1v) is 6.59. The maximum atomic E-state index is 11.9. The van der Waals surface area contributed by atoms with Crippen LogP contribution in [-0.4, -0.2) is 31.4 Å². The fourth-order valence-electron chi connectivity index (χ4n) is 2.48. The van der Waals surface area contributed by atoms with Gasteiger partial charge in [0.15, 0.2) is 11.7 Å². The number of carbonyl (C=O) groups excluding carboxylic acids is 1. The zero-order valence-corrected chi connectivity index (χ0v) is 12.0. The average Bonchev–Trinajstić information content (AvgIpc) is 2.57. The quantitative estimate of drug-likeness (QED) is 0.855. The number of aliphatic hydroxyl groups is 1. The highest BCUT2D eigenvalue weighted by atomic mass is 16.6. The molecule has 0 fully saturated rings. The van der Waals surface area contributed by atoms with Crippen molar-refractivity contribution in [3.05, 3.63) is 71.8 Å². The molecule has 1 atom stereocenters. The molecule has 0 saturated heterocycles. The molecule has 0 aliphatic heterocycles. The monoisotopic (exact) mass is 286 g/mol. The summed E-state index contributed by atoms with van der Waals surface area (Å²) in [6.07, 6.45) is -1.47. The number of hydrogen-bond acceptors (Lipinski definition) is 4. The fourth-order valence-corrected chi connectivity index (χ4v) is 2.48. The van der Waals surface area contributed by atoms with E-state index in [0.717, 1.165) is 0 Å². The van der Waals surface area contributed by atoms with Gasteiger partial charge in [0.25, 0.3) is 0 Å². The number of rotatable bonds is 5. The topological polar surface area (TPSA) is 55.8 Å². The van der Waals surface area contributed by atoms with E-state index in [4.69, 9.17) is 9.47 Å². The molecule has 0 aliphatic carbocycles. The summed E-state index contributed by atoms with van der Waals surface area (Å²) < 4.78 is 10.3. The molecule has 0 radical (unpaired) electrons. The number of methoxy groups -OCH3 is 2. The molecule has 2 aromatic carbocycles. The van der Waals surface area contributed by atoms with Crippen LogP contribution in [0.3, 0.4) is 0 Å². The zero-order valence-electron chi connectivity index (χ0n) is 12.0. The lowest BCUT2D eigenvalue weighted by Crippen LogP contribution is -2.47. The second-order valence-electron chi connectivity index (χ2n) is 4.60. The Hall–Kier alpha value is -2.17. The molecule has 21 heavy (non-hydrogen) atoms. The Morgan fingerprint density at radius 1 is 0.952 bits per heavy atom. The van der Waals surface area contributed by atoms with Crippen molar-refractivity contribution < 1.29 is 19.4 Å². The minimum atomic E-state index is -1.47. The molecule has 0 saturated carbocycles. The summed E-state index contributed by atoms with van der Waals surface area (Å²) in [5.41, 5.74) is 0.0449. The molecule has 0 spiro atoms. The smallest absolute Gasteiger partial charge is 0.338 e. The van der Waals surface area contributed by atoms with Gasteiger partial charge < -0.3 is 14.6 Å². The van der Waals surface area contributed by atoms with Crippen molar-refractivity contribution in [2.45, 2.75) is 11.7 Å². The minimum Gasteiger partial charge on any atom is -0.467 e. The van der Waals surface area contributed by atoms with Gasteiger partial charge in [-0.2, -0.15) is 0 Å². The number of esters is 1. The van der Waals surface area contributed by atoms with E-state index in [1.54, 1.807) is 0 Å². The Morgan fingerprint density at radius 3 is 1.71 bits per heavy atom. The summed E-state index contributed by atoms with van der Waals surface area (Å²) in [5.74, 6) is -0.746. The zero-order chi connectivity index (χ0) is 15.3. The number of carbonyl (C=O) groups is 1. The lowest BCUT2D eigenvalue weighted by Gasteiger charge is -2.36. The summed E-state index contributed by atoms with van der Waals surface area (Å²) in [4.78, 5) is 11.9. The van der Waals surface area contributed by atoms with Gasteiger partial charge in [-0.25, -0.2) is 4.79 Å². The van der Waals surface area contributed by atoms with Crippen LogP contribution in [0, 0.1) is 0 Å². The van der Waals surface area contributed by atoms with Gasteiger partial charge in [0.2, 0.25) is 0 Å². The van der Waals surface area contributed by atoms with Crippen LogP contribution in [0.5, 0.6) is 0 Å². The van der Waals surface area contributed by atoms with E-state index in [2.05, 4.69) is 0 Å². The maximum Gasteiger partial charge on any atom is 0.338 e. The van der Waals surface area contributed by atoms with Crippen LogP contribution < -0.4 is 0 Å². The van der Waals surface area contributed by atoms with Gasteiger partial charge in [-0.1, -0.05) is 60.7 Å². The van der Waals surface area contributed by atoms with Crippen molar-refractivity contribution in [2.75, 3.05) is 14.2 Å². The molecule has 2 rings (SSSR count). The molecule has 0 aliphatic rings. The normalized spacial score (nSPS) is 12.7. The van der Waals surface area contributed by atoms with E-state index >= 15 is 0 Å². The van der Waals surface area contributed by atoms with E-state index < -0.39 is 17.7 Å². The van der Waals surface area contributed by atoms with Crippen LogP contribution in [-0.2, 0) is 19.9 Å². The number of benzene rings is 2. The highest BCUT2D eigenvalue weighted by molar-refractivity contribution is 5.77. The van der Waals surface area contributed by atoms with Gasteiger partial charge in [0.05, 0.1) is 7.11 Å². The molecule has 0 heterocycles. The molecular formula is C17H18O4. The first-order chi connectivity index (χ1) is 10.2. The molecule has 0 unspecified atom stereocenters. The van der Waals surface area contributed by atoms with Crippen LogP contribution >= 0.6 is 0 Å². The van der Waals surface area contributed by atoms with Gasteiger partial charge in [-0.05, 0) is 11.1 Å². The van der Waals surface area contributed by atoms with E-state index in [1.807, 2.05) is 60.7 Å². The number of aliphatic hydroxyl groups excluding tert-OH is 1. The Morgan fingerprint density at radius 2 is 1.38 bits per heavy atom. The molecule has 110 valence electrons. The van der Waals surface area contributed by atoms with Crippen molar-refractivity contribution in [1.29, 1.82) is 0 Å². The van der Waals surface area contributed by atoms with Gasteiger partial charge >= 0.3 is 5.97 Å². The Balaban J connectivity index is 2.65. The molecule has 2 aromatic rings. The highest BCUT2D eigenvalue weighted by Crippen LogP contribution is 2.37. The van der Waals surface area contributed by atoms with Crippen molar-refractivity contribution in [2.24, 2.45) is 0 Å². The largest absolute Gasteiger partial charge is 0.467 e. The van der Waals surface area contributed by atoms with Crippen LogP contribution in [0.25, 0.3) is 0 Å². The molecule has 4 heteroatoms. The SMILES string of the molecule is COC(=O)[C@@H](O)C(OC)(c1ccccc1)c1ccccc1.